The molecule has 1 aliphatic heterocycles. The predicted molar refractivity (Wildman–Crippen MR) is 67.5 cm³/mol. The Morgan fingerprint density at radius 3 is 2.69 bits per heavy atom. The van der Waals surface area contributed by atoms with E-state index in [9.17, 15) is 0 Å². The molecule has 0 aromatic heterocycles. The predicted octanol–water partition coefficient (Wildman–Crippen LogP) is 2.99. The molecule has 1 aromatic rings. The minimum absolute atomic E-state index is 0.720. The van der Waals surface area contributed by atoms with Crippen LogP contribution in [0.2, 0.25) is 0 Å². The third kappa shape index (κ3) is 1.94. The lowest BCUT2D eigenvalue weighted by atomic mass is 10.1. The lowest BCUT2D eigenvalue weighted by Crippen LogP contribution is -2.14. The molecule has 1 N–H and O–H groups in total. The molecule has 0 saturated heterocycles. The number of anilines is 1. The maximum absolute atomic E-state index is 3.67. The van der Waals surface area contributed by atoms with Crippen molar-refractivity contribution in [3.63, 3.8) is 0 Å². The van der Waals surface area contributed by atoms with Crippen LogP contribution in [-0.2, 0) is 13.1 Å². The molecular formula is C14H20N2. The fourth-order valence-electron chi connectivity index (χ4n) is 2.96. The van der Waals surface area contributed by atoms with E-state index in [2.05, 4.69) is 35.5 Å². The van der Waals surface area contributed by atoms with Crippen molar-refractivity contribution in [2.75, 3.05) is 12.4 Å². The van der Waals surface area contributed by atoms with E-state index in [0.717, 1.165) is 19.1 Å². The van der Waals surface area contributed by atoms with Crippen LogP contribution in [0.25, 0.3) is 0 Å². The lowest BCUT2D eigenvalue weighted by Gasteiger charge is -2.14. The molecule has 1 aliphatic carbocycles. The third-order valence-corrected chi connectivity index (χ3v) is 3.81. The Bertz CT molecular complexity index is 380. The van der Waals surface area contributed by atoms with Crippen LogP contribution in [0.15, 0.2) is 18.2 Å². The van der Waals surface area contributed by atoms with Gasteiger partial charge in [-0.05, 0) is 43.1 Å². The molecule has 0 atom stereocenters. The van der Waals surface area contributed by atoms with Crippen LogP contribution in [-0.4, -0.2) is 18.0 Å². The molecule has 1 saturated carbocycles. The van der Waals surface area contributed by atoms with Crippen molar-refractivity contribution in [1.29, 1.82) is 0 Å². The molecule has 1 heterocycles. The molecule has 3 rings (SSSR count). The maximum atomic E-state index is 3.67. The molecule has 0 spiro atoms. The largest absolute Gasteiger partial charge is 0.382 e. The van der Waals surface area contributed by atoms with Crippen molar-refractivity contribution in [3.8, 4) is 0 Å². The van der Waals surface area contributed by atoms with E-state index in [-0.39, 0.29) is 0 Å². The van der Waals surface area contributed by atoms with Crippen molar-refractivity contribution < 1.29 is 0 Å². The van der Waals surface area contributed by atoms with Crippen LogP contribution in [0.5, 0.6) is 0 Å². The van der Waals surface area contributed by atoms with E-state index in [0.29, 0.717) is 0 Å². The summed E-state index contributed by atoms with van der Waals surface area (Å²) in [6.45, 7) is 2.22. The number of hydrogen-bond donors (Lipinski definition) is 1. The zero-order valence-corrected chi connectivity index (χ0v) is 10.00. The highest BCUT2D eigenvalue weighted by atomic mass is 15.1. The Morgan fingerprint density at radius 2 is 1.88 bits per heavy atom. The third-order valence-electron chi connectivity index (χ3n) is 3.81. The summed E-state index contributed by atoms with van der Waals surface area (Å²) < 4.78 is 0. The van der Waals surface area contributed by atoms with Crippen LogP contribution in [0.1, 0.15) is 36.8 Å². The van der Waals surface area contributed by atoms with Crippen molar-refractivity contribution in [3.05, 3.63) is 29.3 Å². The van der Waals surface area contributed by atoms with E-state index in [4.69, 9.17) is 0 Å². The average Bonchev–Trinajstić information content (AvgIpc) is 2.85. The second-order valence-corrected chi connectivity index (χ2v) is 5.28. The number of fused-ring (bicyclic) bond motifs is 1. The Kier molecular flexibility index (Phi) is 2.60. The smallest absolute Gasteiger partial charge is 0.0345 e. The van der Waals surface area contributed by atoms with Gasteiger partial charge in [-0.1, -0.05) is 18.9 Å². The standard InChI is InChI=1S/C14H20N2/c1-16-9-11-6-7-14(8-12(11)10-16)15-13-4-2-3-5-13/h6-8,13,15H,2-5,9-10H2,1H3. The molecule has 1 aromatic carbocycles. The number of hydrogen-bond acceptors (Lipinski definition) is 2. The molecule has 0 amide bonds. The van der Waals surface area contributed by atoms with E-state index in [1.807, 2.05) is 0 Å². The summed E-state index contributed by atoms with van der Waals surface area (Å²) in [7, 11) is 2.18. The SMILES string of the molecule is CN1Cc2ccc(NC3CCCC3)cc2C1. The molecule has 0 unspecified atom stereocenters. The van der Waals surface area contributed by atoms with Crippen molar-refractivity contribution in [2.45, 2.75) is 44.8 Å². The minimum Gasteiger partial charge on any atom is -0.382 e. The van der Waals surface area contributed by atoms with Gasteiger partial charge in [-0.3, -0.25) is 4.90 Å². The average molecular weight is 216 g/mol. The highest BCUT2D eigenvalue weighted by Crippen LogP contribution is 2.27. The van der Waals surface area contributed by atoms with Gasteiger partial charge >= 0.3 is 0 Å². The first-order valence-electron chi connectivity index (χ1n) is 6.38. The second-order valence-electron chi connectivity index (χ2n) is 5.28. The zero-order chi connectivity index (χ0) is 11.0. The molecule has 2 nitrogen and oxygen atoms in total. The minimum atomic E-state index is 0.720. The van der Waals surface area contributed by atoms with Crippen LogP contribution < -0.4 is 5.32 Å². The van der Waals surface area contributed by atoms with Crippen molar-refractivity contribution in [2.24, 2.45) is 0 Å². The fourth-order valence-corrected chi connectivity index (χ4v) is 2.96. The molecule has 2 aliphatic rings. The van der Waals surface area contributed by atoms with Gasteiger partial charge < -0.3 is 5.32 Å². The van der Waals surface area contributed by atoms with Crippen molar-refractivity contribution in [1.82, 2.24) is 4.90 Å². The van der Waals surface area contributed by atoms with Gasteiger partial charge in [0.1, 0.15) is 0 Å². The summed E-state index contributed by atoms with van der Waals surface area (Å²) in [6, 6.07) is 7.60. The van der Waals surface area contributed by atoms with Crippen LogP contribution in [0, 0.1) is 0 Å². The summed E-state index contributed by atoms with van der Waals surface area (Å²) in [5.74, 6) is 0. The summed E-state index contributed by atoms with van der Waals surface area (Å²) in [4.78, 5) is 2.37. The lowest BCUT2D eigenvalue weighted by molar-refractivity contribution is 0.353. The van der Waals surface area contributed by atoms with Crippen LogP contribution in [0.3, 0.4) is 0 Å². The van der Waals surface area contributed by atoms with Gasteiger partial charge in [-0.2, -0.15) is 0 Å². The first-order chi connectivity index (χ1) is 7.81. The van der Waals surface area contributed by atoms with Gasteiger partial charge in [-0.15, -0.1) is 0 Å². The van der Waals surface area contributed by atoms with Gasteiger partial charge in [-0.25, -0.2) is 0 Å². The Labute approximate surface area is 97.6 Å². The molecule has 1 fully saturated rings. The monoisotopic (exact) mass is 216 g/mol. The summed E-state index contributed by atoms with van der Waals surface area (Å²) in [6.07, 6.45) is 5.48. The van der Waals surface area contributed by atoms with Gasteiger partial charge in [0.2, 0.25) is 0 Å². The topological polar surface area (TPSA) is 15.3 Å². The maximum Gasteiger partial charge on any atom is 0.0345 e. The Hall–Kier alpha value is -1.02. The molecule has 16 heavy (non-hydrogen) atoms. The summed E-state index contributed by atoms with van der Waals surface area (Å²) >= 11 is 0. The molecular weight excluding hydrogens is 196 g/mol. The number of nitrogens with zero attached hydrogens (tertiary/aromatic N) is 1. The normalized spacial score (nSPS) is 21.3. The van der Waals surface area contributed by atoms with E-state index < -0.39 is 0 Å². The van der Waals surface area contributed by atoms with Gasteiger partial charge in [0.15, 0.2) is 0 Å². The highest BCUT2D eigenvalue weighted by Gasteiger charge is 2.18. The van der Waals surface area contributed by atoms with Crippen molar-refractivity contribution >= 4 is 5.69 Å². The second kappa shape index (κ2) is 4.10. The van der Waals surface area contributed by atoms with Crippen LogP contribution >= 0.6 is 0 Å². The quantitative estimate of drug-likeness (QED) is 0.817. The van der Waals surface area contributed by atoms with Gasteiger partial charge in [0.05, 0.1) is 0 Å². The van der Waals surface area contributed by atoms with Gasteiger partial charge in [0.25, 0.3) is 0 Å². The molecule has 0 bridgehead atoms. The first-order valence-corrected chi connectivity index (χ1v) is 6.38. The summed E-state index contributed by atoms with van der Waals surface area (Å²) in [5, 5.41) is 3.67. The Balaban J connectivity index is 1.74. The molecule has 0 radical (unpaired) electrons. The van der Waals surface area contributed by atoms with E-state index in [1.165, 1.54) is 42.5 Å². The number of benzene rings is 1. The van der Waals surface area contributed by atoms with Gasteiger partial charge in [0, 0.05) is 24.8 Å². The molecule has 86 valence electrons. The number of nitrogens with one attached hydrogen (secondary N) is 1. The zero-order valence-electron chi connectivity index (χ0n) is 10.00. The number of rotatable bonds is 2. The first kappa shape index (κ1) is 10.2. The van der Waals surface area contributed by atoms with E-state index >= 15 is 0 Å². The highest BCUT2D eigenvalue weighted by molar-refractivity contribution is 5.50. The Morgan fingerprint density at radius 1 is 1.12 bits per heavy atom. The van der Waals surface area contributed by atoms with Crippen LogP contribution in [0.4, 0.5) is 5.69 Å². The fraction of sp³-hybridized carbons (Fsp3) is 0.571. The van der Waals surface area contributed by atoms with E-state index in [1.54, 1.807) is 0 Å². The summed E-state index contributed by atoms with van der Waals surface area (Å²) in [5.41, 5.74) is 4.32. The molecule has 2 heteroatoms.